The average molecular weight is 339 g/mol. The number of rotatable bonds is 2. The molecule has 1 unspecified atom stereocenters. The van der Waals surface area contributed by atoms with Crippen LogP contribution in [0.1, 0.15) is 31.2 Å². The molecule has 24 heavy (non-hydrogen) atoms. The number of alkyl halides is 3. The van der Waals surface area contributed by atoms with Crippen LogP contribution in [0.3, 0.4) is 0 Å². The van der Waals surface area contributed by atoms with Crippen LogP contribution in [0.2, 0.25) is 0 Å². The predicted molar refractivity (Wildman–Crippen MR) is 78.5 cm³/mol. The minimum atomic E-state index is -5.24. The number of carbonyl (C=O) groups is 2. The molecule has 1 N–H and O–H groups in total. The molecular weight excluding hydrogens is 323 g/mol. The van der Waals surface area contributed by atoms with Crippen molar-refractivity contribution in [1.29, 1.82) is 0 Å². The van der Waals surface area contributed by atoms with Crippen LogP contribution in [0, 0.1) is 0 Å². The molecule has 7 heteroatoms. The Labute approximate surface area is 136 Å². The van der Waals surface area contributed by atoms with Gasteiger partial charge in [0.15, 0.2) is 5.78 Å². The molecule has 1 atom stereocenters. The van der Waals surface area contributed by atoms with Crippen molar-refractivity contribution in [3.63, 3.8) is 0 Å². The lowest BCUT2D eigenvalue weighted by Gasteiger charge is -2.27. The second-order valence-electron chi connectivity index (χ2n) is 6.04. The van der Waals surface area contributed by atoms with E-state index in [0.29, 0.717) is 18.4 Å². The summed E-state index contributed by atoms with van der Waals surface area (Å²) in [5.41, 5.74) is -3.89. The van der Waals surface area contributed by atoms with Gasteiger partial charge in [-0.15, -0.1) is 0 Å². The second kappa shape index (κ2) is 5.73. The van der Waals surface area contributed by atoms with Gasteiger partial charge in [-0.3, -0.25) is 9.59 Å². The monoisotopic (exact) mass is 339 g/mol. The molecular formula is C17H16F3NO3. The Kier molecular flexibility index (Phi) is 3.99. The molecule has 0 bridgehead atoms. The molecule has 0 saturated carbocycles. The fraction of sp³-hybridized carbons (Fsp3) is 0.412. The van der Waals surface area contributed by atoms with Crippen molar-refractivity contribution in [3.05, 3.63) is 47.2 Å². The molecule has 0 radical (unpaired) electrons. The quantitative estimate of drug-likeness (QED) is 0.901. The van der Waals surface area contributed by atoms with Crippen molar-refractivity contribution in [2.24, 2.45) is 0 Å². The van der Waals surface area contributed by atoms with Gasteiger partial charge in [0, 0.05) is 12.1 Å². The molecule has 1 aromatic rings. The predicted octanol–water partition coefficient (Wildman–Crippen LogP) is 2.72. The lowest BCUT2D eigenvalue weighted by molar-refractivity contribution is -0.238. The number of amides is 1. The van der Waals surface area contributed by atoms with Crippen LogP contribution in [0.4, 0.5) is 13.2 Å². The van der Waals surface area contributed by atoms with Crippen molar-refractivity contribution < 1.29 is 27.9 Å². The summed E-state index contributed by atoms with van der Waals surface area (Å²) in [4.78, 5) is 25.6. The maximum atomic E-state index is 13.5. The molecule has 1 amide bonds. The summed E-state index contributed by atoms with van der Waals surface area (Å²) in [6.07, 6.45) is -4.23. The van der Waals surface area contributed by atoms with Crippen LogP contribution in [0.15, 0.2) is 41.6 Å². The van der Waals surface area contributed by atoms with Gasteiger partial charge in [0.1, 0.15) is 0 Å². The number of hydrogen-bond donors (Lipinski definition) is 1. The number of allylic oxidation sites excluding steroid dienone is 1. The lowest BCUT2D eigenvalue weighted by atomic mass is 9.89. The van der Waals surface area contributed by atoms with Gasteiger partial charge in [-0.25, -0.2) is 0 Å². The summed E-state index contributed by atoms with van der Waals surface area (Å²) in [7, 11) is 0. The van der Waals surface area contributed by atoms with Crippen molar-refractivity contribution in [2.45, 2.75) is 44.0 Å². The van der Waals surface area contributed by atoms with Crippen LogP contribution in [-0.2, 0) is 16.1 Å². The summed E-state index contributed by atoms with van der Waals surface area (Å²) in [6.45, 7) is -0.107. The van der Waals surface area contributed by atoms with Crippen LogP contribution in [-0.4, -0.2) is 33.5 Å². The molecule has 1 heterocycles. The second-order valence-corrected chi connectivity index (χ2v) is 6.04. The topological polar surface area (TPSA) is 57.6 Å². The smallest absolute Gasteiger partial charge is 0.368 e. The van der Waals surface area contributed by atoms with E-state index >= 15 is 0 Å². The first-order chi connectivity index (χ1) is 11.3. The van der Waals surface area contributed by atoms with Crippen molar-refractivity contribution in [1.82, 2.24) is 4.90 Å². The van der Waals surface area contributed by atoms with Gasteiger partial charge in [0.2, 0.25) is 0 Å². The van der Waals surface area contributed by atoms with Gasteiger partial charge in [0.05, 0.1) is 12.1 Å². The molecule has 0 spiro atoms. The number of halogens is 3. The SMILES string of the molecule is O=C1CCCCC2=C1C(O)(C(F)(F)F)C(=O)N2Cc1ccccc1. The third-order valence-electron chi connectivity index (χ3n) is 4.47. The Balaban J connectivity index is 2.10. The maximum Gasteiger partial charge on any atom is 0.430 e. The zero-order valence-electron chi connectivity index (χ0n) is 12.8. The molecule has 2 aliphatic rings. The number of benzene rings is 1. The minimum Gasteiger partial charge on any atom is -0.368 e. The van der Waals surface area contributed by atoms with Crippen molar-refractivity contribution in [2.75, 3.05) is 0 Å². The summed E-state index contributed by atoms with van der Waals surface area (Å²) in [5, 5.41) is 10.2. The molecule has 3 rings (SSSR count). The number of hydrogen-bond acceptors (Lipinski definition) is 3. The van der Waals surface area contributed by atoms with Gasteiger partial charge < -0.3 is 10.0 Å². The molecule has 128 valence electrons. The van der Waals surface area contributed by atoms with E-state index in [4.69, 9.17) is 0 Å². The van der Waals surface area contributed by atoms with E-state index in [9.17, 15) is 27.9 Å². The Morgan fingerprint density at radius 3 is 2.33 bits per heavy atom. The zero-order chi connectivity index (χ0) is 17.5. The van der Waals surface area contributed by atoms with E-state index in [-0.39, 0.29) is 25.1 Å². The van der Waals surface area contributed by atoms with Crippen LogP contribution in [0.25, 0.3) is 0 Å². The molecule has 0 fully saturated rings. The number of ketones is 1. The Bertz CT molecular complexity index is 712. The molecule has 4 nitrogen and oxygen atoms in total. The normalized spacial score (nSPS) is 25.1. The van der Waals surface area contributed by atoms with Gasteiger partial charge in [-0.2, -0.15) is 13.2 Å². The third-order valence-corrected chi connectivity index (χ3v) is 4.47. The first-order valence-corrected chi connectivity index (χ1v) is 7.68. The Morgan fingerprint density at radius 2 is 1.71 bits per heavy atom. The maximum absolute atomic E-state index is 13.5. The number of Topliss-reactive ketones (excluding diaryl/α,β-unsaturated/α-hetero) is 1. The number of aliphatic hydroxyl groups is 1. The van der Waals surface area contributed by atoms with Crippen molar-refractivity contribution in [3.8, 4) is 0 Å². The number of carbonyl (C=O) groups excluding carboxylic acids is 2. The van der Waals surface area contributed by atoms with E-state index < -0.39 is 29.0 Å². The van der Waals surface area contributed by atoms with E-state index in [1.54, 1.807) is 30.3 Å². The van der Waals surface area contributed by atoms with Gasteiger partial charge >= 0.3 is 6.18 Å². The van der Waals surface area contributed by atoms with Crippen LogP contribution < -0.4 is 0 Å². The average Bonchev–Trinajstić information content (AvgIpc) is 2.66. The summed E-state index contributed by atoms with van der Waals surface area (Å²) >= 11 is 0. The Morgan fingerprint density at radius 1 is 1.08 bits per heavy atom. The summed E-state index contributed by atoms with van der Waals surface area (Å²) in [6, 6.07) is 8.52. The fourth-order valence-electron chi connectivity index (χ4n) is 3.29. The lowest BCUT2D eigenvalue weighted by Crippen LogP contribution is -2.55. The highest BCUT2D eigenvalue weighted by Crippen LogP contribution is 2.47. The molecule has 0 aromatic heterocycles. The van der Waals surface area contributed by atoms with E-state index in [2.05, 4.69) is 0 Å². The van der Waals surface area contributed by atoms with E-state index in [1.807, 2.05) is 0 Å². The van der Waals surface area contributed by atoms with Crippen LogP contribution >= 0.6 is 0 Å². The third kappa shape index (κ3) is 2.43. The largest absolute Gasteiger partial charge is 0.430 e. The Hall–Kier alpha value is -2.15. The van der Waals surface area contributed by atoms with Gasteiger partial charge in [0.25, 0.3) is 11.5 Å². The number of nitrogens with zero attached hydrogens (tertiary/aromatic N) is 1. The fourth-order valence-corrected chi connectivity index (χ4v) is 3.29. The first-order valence-electron chi connectivity index (χ1n) is 7.68. The zero-order valence-corrected chi connectivity index (χ0v) is 12.8. The molecule has 1 aliphatic carbocycles. The summed E-state index contributed by atoms with van der Waals surface area (Å²) in [5.74, 6) is -2.29. The first kappa shape index (κ1) is 16.7. The highest BCUT2D eigenvalue weighted by atomic mass is 19.4. The molecule has 0 saturated heterocycles. The van der Waals surface area contributed by atoms with Gasteiger partial charge in [-0.1, -0.05) is 30.3 Å². The highest BCUT2D eigenvalue weighted by molar-refractivity contribution is 6.10. The van der Waals surface area contributed by atoms with E-state index in [1.165, 1.54) is 0 Å². The molecule has 1 aromatic carbocycles. The van der Waals surface area contributed by atoms with Crippen molar-refractivity contribution >= 4 is 11.7 Å². The molecule has 1 aliphatic heterocycles. The van der Waals surface area contributed by atoms with E-state index in [0.717, 1.165) is 4.90 Å². The summed E-state index contributed by atoms with van der Waals surface area (Å²) < 4.78 is 40.5. The van der Waals surface area contributed by atoms with Gasteiger partial charge in [-0.05, 0) is 24.8 Å². The van der Waals surface area contributed by atoms with Crippen LogP contribution in [0.5, 0.6) is 0 Å². The minimum absolute atomic E-state index is 0.00572. The standard InChI is InChI=1S/C17H16F3NO3/c18-17(19,20)16(24)14-12(8-4-5-9-13(14)22)21(15(16)23)10-11-6-2-1-3-7-11/h1-3,6-7,24H,4-5,8-10H2. The highest BCUT2D eigenvalue weighted by Gasteiger charge is 2.69.